The molecule has 0 aromatic carbocycles. The van der Waals surface area contributed by atoms with Gasteiger partial charge in [-0.25, -0.2) is 4.98 Å². The molecule has 0 radical (unpaired) electrons. The van der Waals surface area contributed by atoms with Crippen molar-refractivity contribution in [1.82, 2.24) is 9.71 Å². The lowest BCUT2D eigenvalue weighted by Gasteiger charge is -2.15. The minimum absolute atomic E-state index is 0.289. The molecule has 0 fully saturated rings. The third-order valence-corrected chi connectivity index (χ3v) is 4.29. The van der Waals surface area contributed by atoms with Crippen LogP contribution < -0.4 is 4.84 Å². The van der Waals surface area contributed by atoms with E-state index in [1.54, 1.807) is 17.1 Å². The van der Waals surface area contributed by atoms with Crippen molar-refractivity contribution in [1.29, 1.82) is 0 Å². The van der Waals surface area contributed by atoms with E-state index >= 15 is 0 Å². The number of hydrogen-bond acceptors (Lipinski definition) is 3. The molecule has 0 unspecified atom stereocenters. The van der Waals surface area contributed by atoms with Crippen LogP contribution >= 0.6 is 22.6 Å². The van der Waals surface area contributed by atoms with Crippen LogP contribution in [0, 0.1) is 3.83 Å². The lowest BCUT2D eigenvalue weighted by Crippen LogP contribution is -2.23. The first-order valence-electron chi connectivity index (χ1n) is 4.89. The van der Waals surface area contributed by atoms with Crippen LogP contribution in [0.5, 0.6) is 0 Å². The zero-order chi connectivity index (χ0) is 11.3. The Morgan fingerprint density at radius 3 is 2.73 bits per heavy atom. The molecule has 0 atom stereocenters. The second-order valence-electron chi connectivity index (χ2n) is 4.49. The molecule has 1 rings (SSSR count). The van der Waals surface area contributed by atoms with Gasteiger partial charge in [-0.3, -0.25) is 0 Å². The summed E-state index contributed by atoms with van der Waals surface area (Å²) in [5, 5.41) is 0. The van der Waals surface area contributed by atoms with Gasteiger partial charge in [0.1, 0.15) is 0 Å². The van der Waals surface area contributed by atoms with E-state index in [1.807, 2.05) is 0 Å². The summed E-state index contributed by atoms with van der Waals surface area (Å²) in [6.07, 6.45) is 3.47. The van der Waals surface area contributed by atoms with E-state index in [0.29, 0.717) is 0 Å². The van der Waals surface area contributed by atoms with Gasteiger partial charge in [0.15, 0.2) is 0 Å². The lowest BCUT2D eigenvalue weighted by atomic mass is 10.9. The predicted octanol–water partition coefficient (Wildman–Crippen LogP) is 2.23. The molecule has 0 aliphatic rings. The molecule has 0 saturated heterocycles. The van der Waals surface area contributed by atoms with Gasteiger partial charge in [-0.2, -0.15) is 4.73 Å². The largest absolute Gasteiger partial charge is 0.383 e. The summed E-state index contributed by atoms with van der Waals surface area (Å²) in [5.74, 6) is 0. The van der Waals surface area contributed by atoms with Crippen molar-refractivity contribution in [3.8, 4) is 0 Å². The summed E-state index contributed by atoms with van der Waals surface area (Å²) in [4.78, 5) is 9.36. The maximum absolute atomic E-state index is 5.40. The van der Waals surface area contributed by atoms with Gasteiger partial charge in [0.25, 0.3) is 0 Å². The highest BCUT2D eigenvalue weighted by molar-refractivity contribution is 14.1. The molecule has 15 heavy (non-hydrogen) atoms. The zero-order valence-electron chi connectivity index (χ0n) is 9.36. The van der Waals surface area contributed by atoms with Crippen LogP contribution in [0.15, 0.2) is 12.4 Å². The molecule has 1 aromatic heterocycles. The quantitative estimate of drug-likeness (QED) is 0.345. The summed E-state index contributed by atoms with van der Waals surface area (Å²) in [5.41, 5.74) is 0. The van der Waals surface area contributed by atoms with Crippen LogP contribution in [-0.4, -0.2) is 31.2 Å². The normalized spacial score (nSPS) is 11.7. The molecule has 0 saturated carbocycles. The van der Waals surface area contributed by atoms with E-state index in [2.05, 4.69) is 47.2 Å². The third kappa shape index (κ3) is 5.52. The third-order valence-electron chi connectivity index (χ3n) is 1.84. The minimum atomic E-state index is -0.986. The Balaban J connectivity index is 2.10. The highest BCUT2D eigenvalue weighted by Crippen LogP contribution is 2.07. The van der Waals surface area contributed by atoms with E-state index < -0.39 is 8.07 Å². The Morgan fingerprint density at radius 2 is 2.20 bits per heavy atom. The van der Waals surface area contributed by atoms with Gasteiger partial charge in [-0.15, -0.1) is 0 Å². The summed E-state index contributed by atoms with van der Waals surface area (Å²) in [6.45, 7) is 8.06. The van der Waals surface area contributed by atoms with Gasteiger partial charge >= 0.3 is 0 Å². The van der Waals surface area contributed by atoms with Crippen LogP contribution in [0.1, 0.15) is 0 Å². The number of rotatable bonds is 6. The molecule has 0 amide bonds. The van der Waals surface area contributed by atoms with Gasteiger partial charge in [0.05, 0.1) is 6.20 Å². The second-order valence-corrected chi connectivity index (χ2v) is 11.1. The number of halogens is 1. The summed E-state index contributed by atoms with van der Waals surface area (Å²) < 4.78 is 7.81. The average molecular weight is 340 g/mol. The van der Waals surface area contributed by atoms with Crippen molar-refractivity contribution in [2.24, 2.45) is 0 Å². The van der Waals surface area contributed by atoms with Gasteiger partial charge in [-0.05, 0) is 6.04 Å². The van der Waals surface area contributed by atoms with Gasteiger partial charge < -0.3 is 9.57 Å². The van der Waals surface area contributed by atoms with Crippen molar-refractivity contribution in [3.63, 3.8) is 0 Å². The SMILES string of the molecule is C[Si](C)(C)CCOCOn1ccnc1I. The number of aromatic nitrogens is 2. The topological polar surface area (TPSA) is 36.3 Å². The maximum Gasteiger partial charge on any atom is 0.214 e. The zero-order valence-corrected chi connectivity index (χ0v) is 12.5. The lowest BCUT2D eigenvalue weighted by molar-refractivity contribution is -0.0583. The standard InChI is InChI=1S/C9H17IN2O2Si/c1-15(2,3)7-6-13-8-14-12-5-4-11-9(12)10/h4-5H,6-8H2,1-3H3. The molecule has 86 valence electrons. The highest BCUT2D eigenvalue weighted by Gasteiger charge is 2.11. The smallest absolute Gasteiger partial charge is 0.214 e. The molecule has 1 heterocycles. The van der Waals surface area contributed by atoms with Crippen molar-refractivity contribution in [3.05, 3.63) is 16.2 Å². The van der Waals surface area contributed by atoms with Crippen LogP contribution in [0.3, 0.4) is 0 Å². The fraction of sp³-hybridized carbons (Fsp3) is 0.667. The number of nitrogens with zero attached hydrogens (tertiary/aromatic N) is 2. The Bertz CT molecular complexity index is 299. The summed E-state index contributed by atoms with van der Waals surface area (Å²) in [6, 6.07) is 1.16. The van der Waals surface area contributed by atoms with E-state index in [4.69, 9.17) is 9.57 Å². The first-order chi connectivity index (χ1) is 6.99. The summed E-state index contributed by atoms with van der Waals surface area (Å²) in [7, 11) is -0.986. The molecule has 0 aliphatic heterocycles. The monoisotopic (exact) mass is 340 g/mol. The van der Waals surface area contributed by atoms with Crippen LogP contribution in [0.2, 0.25) is 25.7 Å². The molecule has 0 bridgehead atoms. The maximum atomic E-state index is 5.40. The van der Waals surface area contributed by atoms with Gasteiger partial charge in [-0.1, -0.05) is 19.6 Å². The Labute approximate surface area is 105 Å². The Hall–Kier alpha value is -0.0831. The molecular formula is C9H17IN2O2Si. The Kier molecular flexibility index (Phi) is 5.07. The van der Waals surface area contributed by atoms with E-state index in [-0.39, 0.29) is 6.79 Å². The van der Waals surface area contributed by atoms with E-state index in [9.17, 15) is 0 Å². The van der Waals surface area contributed by atoms with Crippen molar-refractivity contribution < 1.29 is 9.57 Å². The van der Waals surface area contributed by atoms with Crippen LogP contribution in [-0.2, 0) is 4.74 Å². The van der Waals surface area contributed by atoms with Crippen molar-refractivity contribution >= 4 is 30.7 Å². The van der Waals surface area contributed by atoms with E-state index in [0.717, 1.165) is 16.5 Å². The van der Waals surface area contributed by atoms with Crippen LogP contribution in [0.25, 0.3) is 0 Å². The minimum Gasteiger partial charge on any atom is -0.383 e. The fourth-order valence-corrected chi connectivity index (χ4v) is 2.12. The number of imidazole rings is 1. The molecular weight excluding hydrogens is 323 g/mol. The molecule has 0 N–H and O–H groups in total. The first-order valence-corrected chi connectivity index (χ1v) is 9.67. The predicted molar refractivity (Wildman–Crippen MR) is 70.5 cm³/mol. The van der Waals surface area contributed by atoms with Gasteiger partial charge in [0.2, 0.25) is 10.6 Å². The molecule has 0 aliphatic carbocycles. The van der Waals surface area contributed by atoms with E-state index in [1.165, 1.54) is 0 Å². The highest BCUT2D eigenvalue weighted by atomic mass is 127. The average Bonchev–Trinajstić information content (AvgIpc) is 2.49. The Morgan fingerprint density at radius 1 is 1.47 bits per heavy atom. The van der Waals surface area contributed by atoms with Crippen molar-refractivity contribution in [2.45, 2.75) is 25.7 Å². The second kappa shape index (κ2) is 5.85. The van der Waals surface area contributed by atoms with Gasteiger partial charge in [0, 0.05) is 43.5 Å². The summed E-state index contributed by atoms with van der Waals surface area (Å²) >= 11 is 2.11. The van der Waals surface area contributed by atoms with Crippen LogP contribution in [0.4, 0.5) is 0 Å². The number of hydrogen-bond donors (Lipinski definition) is 0. The molecule has 4 nitrogen and oxygen atoms in total. The fourth-order valence-electron chi connectivity index (χ4n) is 0.901. The molecule has 6 heteroatoms. The molecule has 1 aromatic rings. The molecule has 0 spiro atoms. The van der Waals surface area contributed by atoms with Crippen molar-refractivity contribution in [2.75, 3.05) is 13.4 Å². The number of ether oxygens (including phenoxy) is 1. The first kappa shape index (κ1) is 13.0.